The van der Waals surface area contributed by atoms with Gasteiger partial charge in [-0.1, -0.05) is 60.8 Å². The van der Waals surface area contributed by atoms with Gasteiger partial charge in [0.25, 0.3) is 0 Å². The molecule has 2 heteroatoms. The summed E-state index contributed by atoms with van der Waals surface area (Å²) in [5.41, 5.74) is 4.21. The Morgan fingerprint density at radius 3 is 1.68 bits per heavy atom. The van der Waals surface area contributed by atoms with E-state index < -0.39 is 11.6 Å². The Hall–Kier alpha value is -3.36. The smallest absolute Gasteiger partial charge is 0.174 e. The molecule has 0 aliphatic heterocycles. The summed E-state index contributed by atoms with van der Waals surface area (Å²) >= 11 is 0. The Labute approximate surface area is 165 Å². The van der Waals surface area contributed by atoms with Crippen LogP contribution >= 0.6 is 0 Å². The molecule has 0 atom stereocenters. The van der Waals surface area contributed by atoms with Crippen LogP contribution in [0.5, 0.6) is 0 Å². The maximum absolute atomic E-state index is 14.1. The van der Waals surface area contributed by atoms with E-state index in [1.54, 1.807) is 6.07 Å². The SMILES string of the molecule is CCCc1ccc(C#Cc2ccc(C#Cc3ccc(C)cc3)cc2)c(F)c1F. The van der Waals surface area contributed by atoms with Crippen molar-refractivity contribution in [2.24, 2.45) is 0 Å². The van der Waals surface area contributed by atoms with E-state index in [-0.39, 0.29) is 5.56 Å². The van der Waals surface area contributed by atoms with E-state index in [0.29, 0.717) is 12.0 Å². The molecular formula is C26H20F2. The van der Waals surface area contributed by atoms with Crippen molar-refractivity contribution in [3.05, 3.63) is 106 Å². The quantitative estimate of drug-likeness (QED) is 0.484. The van der Waals surface area contributed by atoms with Gasteiger partial charge in [-0.3, -0.25) is 0 Å². The van der Waals surface area contributed by atoms with Crippen molar-refractivity contribution in [2.45, 2.75) is 26.7 Å². The molecule has 3 aromatic carbocycles. The lowest BCUT2D eigenvalue weighted by Crippen LogP contribution is -1.97. The Morgan fingerprint density at radius 2 is 1.14 bits per heavy atom. The summed E-state index contributed by atoms with van der Waals surface area (Å²) in [6.07, 6.45) is 1.28. The van der Waals surface area contributed by atoms with Gasteiger partial charge >= 0.3 is 0 Å². The minimum absolute atomic E-state index is 0.0700. The first kappa shape index (κ1) is 19.4. The molecule has 0 saturated carbocycles. The van der Waals surface area contributed by atoms with Gasteiger partial charge in [0, 0.05) is 16.7 Å². The molecular weight excluding hydrogens is 350 g/mol. The second-order valence-corrected chi connectivity index (χ2v) is 6.59. The van der Waals surface area contributed by atoms with Crippen LogP contribution in [0.4, 0.5) is 8.78 Å². The Bertz CT molecular complexity index is 1080. The molecule has 3 rings (SSSR count). The fourth-order valence-electron chi connectivity index (χ4n) is 2.71. The Kier molecular flexibility index (Phi) is 6.25. The van der Waals surface area contributed by atoms with E-state index >= 15 is 0 Å². The third-order valence-electron chi connectivity index (χ3n) is 4.31. The number of benzene rings is 3. The molecule has 0 aliphatic carbocycles. The van der Waals surface area contributed by atoms with Gasteiger partial charge in [-0.2, -0.15) is 0 Å². The van der Waals surface area contributed by atoms with Gasteiger partial charge in [0.2, 0.25) is 0 Å². The lowest BCUT2D eigenvalue weighted by molar-refractivity contribution is 0.496. The third-order valence-corrected chi connectivity index (χ3v) is 4.31. The highest BCUT2D eigenvalue weighted by Gasteiger charge is 2.11. The van der Waals surface area contributed by atoms with Gasteiger partial charge in [-0.15, -0.1) is 0 Å². The van der Waals surface area contributed by atoms with Crippen LogP contribution in [0, 0.1) is 42.2 Å². The van der Waals surface area contributed by atoms with Gasteiger partial charge in [-0.05, 0) is 61.4 Å². The lowest BCUT2D eigenvalue weighted by atomic mass is 10.1. The molecule has 0 aliphatic rings. The molecule has 0 saturated heterocycles. The maximum Gasteiger partial charge on any atom is 0.174 e. The van der Waals surface area contributed by atoms with E-state index in [4.69, 9.17) is 0 Å². The van der Waals surface area contributed by atoms with E-state index in [2.05, 4.69) is 23.7 Å². The van der Waals surface area contributed by atoms with Crippen molar-refractivity contribution in [3.8, 4) is 23.7 Å². The molecule has 0 nitrogen and oxygen atoms in total. The number of hydrogen-bond donors (Lipinski definition) is 0. The molecule has 0 unspecified atom stereocenters. The summed E-state index contributed by atoms with van der Waals surface area (Å²) < 4.78 is 28.2. The average molecular weight is 370 g/mol. The summed E-state index contributed by atoms with van der Waals surface area (Å²) in [6, 6.07) is 18.6. The van der Waals surface area contributed by atoms with Crippen LogP contribution in [0.2, 0.25) is 0 Å². The monoisotopic (exact) mass is 370 g/mol. The highest BCUT2D eigenvalue weighted by Crippen LogP contribution is 2.17. The van der Waals surface area contributed by atoms with Crippen molar-refractivity contribution in [2.75, 3.05) is 0 Å². The Morgan fingerprint density at radius 1 is 0.643 bits per heavy atom. The van der Waals surface area contributed by atoms with Crippen LogP contribution in [0.3, 0.4) is 0 Å². The highest BCUT2D eigenvalue weighted by molar-refractivity contribution is 5.48. The first-order valence-corrected chi connectivity index (χ1v) is 9.24. The zero-order valence-electron chi connectivity index (χ0n) is 15.9. The van der Waals surface area contributed by atoms with Crippen molar-refractivity contribution >= 4 is 0 Å². The van der Waals surface area contributed by atoms with E-state index in [9.17, 15) is 8.78 Å². The van der Waals surface area contributed by atoms with Crippen LogP contribution in [0.1, 0.15) is 46.7 Å². The first-order chi connectivity index (χ1) is 13.6. The maximum atomic E-state index is 14.1. The molecule has 0 radical (unpaired) electrons. The molecule has 0 amide bonds. The normalized spacial score (nSPS) is 9.86. The number of hydrogen-bond acceptors (Lipinski definition) is 0. The second kappa shape index (κ2) is 9.03. The van der Waals surface area contributed by atoms with Crippen molar-refractivity contribution in [1.82, 2.24) is 0 Å². The first-order valence-electron chi connectivity index (χ1n) is 9.24. The average Bonchev–Trinajstić information content (AvgIpc) is 2.71. The summed E-state index contributed by atoms with van der Waals surface area (Å²) in [5.74, 6) is 10.2. The zero-order chi connectivity index (χ0) is 19.9. The zero-order valence-corrected chi connectivity index (χ0v) is 15.9. The van der Waals surface area contributed by atoms with Gasteiger partial charge in [0.15, 0.2) is 11.6 Å². The van der Waals surface area contributed by atoms with E-state index in [1.165, 1.54) is 11.6 Å². The molecule has 0 fully saturated rings. The molecule has 0 aromatic heterocycles. The third kappa shape index (κ3) is 4.87. The molecule has 3 aromatic rings. The summed E-state index contributed by atoms with van der Waals surface area (Å²) in [6.45, 7) is 3.97. The van der Waals surface area contributed by atoms with Crippen LogP contribution < -0.4 is 0 Å². The van der Waals surface area contributed by atoms with Gasteiger partial charge in [0.1, 0.15) is 0 Å². The standard InChI is InChI=1S/C26H20F2/c1-3-4-23-17-18-24(26(28)25(23)27)16-15-22-13-11-21(12-14-22)10-9-20-7-5-19(2)6-8-20/h5-8,11-14,17-18H,3-4H2,1-2H3. The van der Waals surface area contributed by atoms with Crippen molar-refractivity contribution in [3.63, 3.8) is 0 Å². The number of aryl methyl sites for hydroxylation is 2. The van der Waals surface area contributed by atoms with Gasteiger partial charge in [0.05, 0.1) is 5.56 Å². The molecule has 138 valence electrons. The molecule has 0 N–H and O–H groups in total. The van der Waals surface area contributed by atoms with Crippen LogP contribution in [0.15, 0.2) is 60.7 Å². The highest BCUT2D eigenvalue weighted by atomic mass is 19.2. The number of halogens is 2. The van der Waals surface area contributed by atoms with Crippen molar-refractivity contribution < 1.29 is 8.78 Å². The van der Waals surface area contributed by atoms with Crippen LogP contribution in [-0.4, -0.2) is 0 Å². The second-order valence-electron chi connectivity index (χ2n) is 6.59. The van der Waals surface area contributed by atoms with Gasteiger partial charge in [-0.25, -0.2) is 8.78 Å². The van der Waals surface area contributed by atoms with Crippen LogP contribution in [-0.2, 0) is 6.42 Å². The topological polar surface area (TPSA) is 0 Å². The molecule has 0 bridgehead atoms. The van der Waals surface area contributed by atoms with Gasteiger partial charge < -0.3 is 0 Å². The fraction of sp³-hybridized carbons (Fsp3) is 0.154. The minimum Gasteiger partial charge on any atom is -0.203 e. The lowest BCUT2D eigenvalue weighted by Gasteiger charge is -2.03. The fourth-order valence-corrected chi connectivity index (χ4v) is 2.71. The predicted molar refractivity (Wildman–Crippen MR) is 110 cm³/mol. The molecule has 28 heavy (non-hydrogen) atoms. The summed E-state index contributed by atoms with van der Waals surface area (Å²) in [5, 5.41) is 0. The number of rotatable bonds is 2. The molecule has 0 spiro atoms. The largest absolute Gasteiger partial charge is 0.203 e. The minimum atomic E-state index is -0.876. The summed E-state index contributed by atoms with van der Waals surface area (Å²) in [7, 11) is 0. The van der Waals surface area contributed by atoms with Crippen LogP contribution in [0.25, 0.3) is 0 Å². The Balaban J connectivity index is 1.76. The van der Waals surface area contributed by atoms with Crippen molar-refractivity contribution in [1.29, 1.82) is 0 Å². The molecule has 0 heterocycles. The summed E-state index contributed by atoms with van der Waals surface area (Å²) in [4.78, 5) is 0. The predicted octanol–water partition coefficient (Wildman–Crippen LogP) is 6.03. The van der Waals surface area contributed by atoms with E-state index in [1.807, 2.05) is 62.4 Å². The van der Waals surface area contributed by atoms with E-state index in [0.717, 1.165) is 23.1 Å².